The highest BCUT2D eigenvalue weighted by molar-refractivity contribution is 8.00. The number of nitrogens with zero attached hydrogens (tertiary/aromatic N) is 3. The van der Waals surface area contributed by atoms with Crippen LogP contribution in [0.4, 0.5) is 5.13 Å². The minimum Gasteiger partial charge on any atom is -0.374 e. The number of rotatable bonds is 3. The molecule has 3 N–H and O–H groups in total. The second kappa shape index (κ2) is 5.08. The third-order valence-electron chi connectivity index (χ3n) is 3.38. The van der Waals surface area contributed by atoms with Gasteiger partial charge in [0, 0.05) is 4.88 Å². The van der Waals surface area contributed by atoms with E-state index in [1.165, 1.54) is 33.5 Å². The number of hydrogen-bond acceptors (Lipinski definition) is 8. The van der Waals surface area contributed by atoms with Crippen LogP contribution in [0, 0.1) is 0 Å². The average Bonchev–Trinajstić information content (AvgIpc) is 3.11. The highest BCUT2D eigenvalue weighted by Gasteiger charge is 2.21. The number of aryl methyl sites for hydroxylation is 2. The zero-order chi connectivity index (χ0) is 14.4. The fourth-order valence-electron chi connectivity index (χ4n) is 2.52. The van der Waals surface area contributed by atoms with Crippen LogP contribution < -0.4 is 11.3 Å². The van der Waals surface area contributed by atoms with Crippen molar-refractivity contribution in [1.82, 2.24) is 20.2 Å². The molecule has 0 radical (unpaired) electrons. The van der Waals surface area contributed by atoms with Gasteiger partial charge in [-0.05, 0) is 24.8 Å². The van der Waals surface area contributed by atoms with Crippen LogP contribution in [0.1, 0.15) is 22.7 Å². The van der Waals surface area contributed by atoms with E-state index in [1.807, 2.05) is 0 Å². The normalized spacial score (nSPS) is 13.9. The summed E-state index contributed by atoms with van der Waals surface area (Å²) in [4.78, 5) is 21.9. The Labute approximate surface area is 131 Å². The molecule has 0 aromatic carbocycles. The van der Waals surface area contributed by atoms with Crippen molar-refractivity contribution >= 4 is 49.8 Å². The largest absolute Gasteiger partial charge is 0.374 e. The molecule has 21 heavy (non-hydrogen) atoms. The molecule has 0 amide bonds. The van der Waals surface area contributed by atoms with Gasteiger partial charge in [-0.1, -0.05) is 23.1 Å². The second-order valence-corrected chi connectivity index (χ2v) is 8.06. The number of aromatic amines is 1. The zero-order valence-electron chi connectivity index (χ0n) is 10.9. The first-order valence-electron chi connectivity index (χ1n) is 6.46. The maximum atomic E-state index is 12.3. The zero-order valence-corrected chi connectivity index (χ0v) is 13.3. The molecule has 3 aromatic rings. The van der Waals surface area contributed by atoms with Crippen molar-refractivity contribution < 1.29 is 0 Å². The lowest BCUT2D eigenvalue weighted by atomic mass is 10.2. The van der Waals surface area contributed by atoms with Gasteiger partial charge in [0.2, 0.25) is 5.13 Å². The van der Waals surface area contributed by atoms with E-state index in [1.54, 1.807) is 11.3 Å². The number of nitrogens with two attached hydrogens (primary N) is 1. The van der Waals surface area contributed by atoms with Crippen molar-refractivity contribution in [2.75, 3.05) is 5.73 Å². The Bertz CT molecular complexity index is 881. The van der Waals surface area contributed by atoms with E-state index in [-0.39, 0.29) is 5.56 Å². The second-order valence-electron chi connectivity index (χ2n) is 4.75. The third kappa shape index (κ3) is 2.34. The Morgan fingerprint density at radius 3 is 3.00 bits per heavy atom. The number of anilines is 1. The van der Waals surface area contributed by atoms with Crippen molar-refractivity contribution in [1.29, 1.82) is 0 Å². The Morgan fingerprint density at radius 2 is 2.19 bits per heavy atom. The number of thioether (sulfide) groups is 1. The quantitative estimate of drug-likeness (QED) is 0.711. The van der Waals surface area contributed by atoms with Crippen molar-refractivity contribution in [2.45, 2.75) is 29.4 Å². The van der Waals surface area contributed by atoms with Crippen LogP contribution in [0.2, 0.25) is 0 Å². The number of H-pyrrole nitrogens is 1. The number of nitrogens with one attached hydrogen (secondary N) is 1. The summed E-state index contributed by atoms with van der Waals surface area (Å²) < 4.78 is 0.781. The van der Waals surface area contributed by atoms with E-state index in [0.717, 1.165) is 33.8 Å². The lowest BCUT2D eigenvalue weighted by Gasteiger charge is -1.99. The molecule has 0 fully saturated rings. The molecule has 0 spiro atoms. The van der Waals surface area contributed by atoms with Crippen LogP contribution in [-0.2, 0) is 18.6 Å². The molecule has 0 atom stereocenters. The predicted molar refractivity (Wildman–Crippen MR) is 86.1 cm³/mol. The molecule has 0 unspecified atom stereocenters. The molecule has 4 rings (SSSR count). The van der Waals surface area contributed by atoms with Crippen LogP contribution in [0.3, 0.4) is 0 Å². The Hall–Kier alpha value is -1.45. The molecule has 108 valence electrons. The van der Waals surface area contributed by atoms with Gasteiger partial charge in [-0.25, -0.2) is 4.98 Å². The minimum absolute atomic E-state index is 0.0215. The van der Waals surface area contributed by atoms with E-state index in [9.17, 15) is 4.79 Å². The molecular formula is C12H11N5OS3. The van der Waals surface area contributed by atoms with Gasteiger partial charge < -0.3 is 10.7 Å². The molecule has 0 saturated heterocycles. The van der Waals surface area contributed by atoms with E-state index < -0.39 is 0 Å². The number of fused-ring (bicyclic) bond motifs is 3. The van der Waals surface area contributed by atoms with E-state index in [0.29, 0.717) is 16.7 Å². The highest BCUT2D eigenvalue weighted by Crippen LogP contribution is 2.35. The van der Waals surface area contributed by atoms with Crippen LogP contribution in [0.5, 0.6) is 0 Å². The third-order valence-corrected chi connectivity index (χ3v) is 6.46. The summed E-state index contributed by atoms with van der Waals surface area (Å²) >= 11 is 4.47. The number of nitrogen functional groups attached to an aromatic ring is 1. The molecule has 0 aliphatic heterocycles. The summed E-state index contributed by atoms with van der Waals surface area (Å²) in [7, 11) is 0. The Balaban J connectivity index is 1.66. The van der Waals surface area contributed by atoms with Crippen LogP contribution in [0.25, 0.3) is 10.2 Å². The number of hydrogen-bond donors (Lipinski definition) is 2. The summed E-state index contributed by atoms with van der Waals surface area (Å²) in [5.74, 6) is 1.23. The smallest absolute Gasteiger partial charge is 0.259 e. The average molecular weight is 337 g/mol. The van der Waals surface area contributed by atoms with Gasteiger partial charge in [-0.15, -0.1) is 21.5 Å². The topological polar surface area (TPSA) is 97.5 Å². The molecule has 1 aliphatic rings. The van der Waals surface area contributed by atoms with Gasteiger partial charge in [-0.3, -0.25) is 4.79 Å². The number of thiophene rings is 1. The van der Waals surface area contributed by atoms with Crippen molar-refractivity contribution in [3.05, 3.63) is 26.6 Å². The molecule has 1 aliphatic carbocycles. The van der Waals surface area contributed by atoms with Crippen molar-refractivity contribution in [3.63, 3.8) is 0 Å². The Kier molecular flexibility index (Phi) is 3.20. The van der Waals surface area contributed by atoms with Crippen molar-refractivity contribution in [2.24, 2.45) is 0 Å². The van der Waals surface area contributed by atoms with Gasteiger partial charge in [0.05, 0.1) is 11.1 Å². The first kappa shape index (κ1) is 13.2. The van der Waals surface area contributed by atoms with Gasteiger partial charge in [0.1, 0.15) is 10.7 Å². The first-order valence-corrected chi connectivity index (χ1v) is 9.08. The maximum absolute atomic E-state index is 12.3. The molecule has 9 heteroatoms. The van der Waals surface area contributed by atoms with E-state index in [4.69, 9.17) is 5.73 Å². The summed E-state index contributed by atoms with van der Waals surface area (Å²) in [5, 5.41) is 8.95. The highest BCUT2D eigenvalue weighted by atomic mass is 32.2. The van der Waals surface area contributed by atoms with Gasteiger partial charge in [0.15, 0.2) is 4.34 Å². The monoisotopic (exact) mass is 337 g/mol. The molecule has 6 nitrogen and oxygen atoms in total. The fraction of sp³-hybridized carbons (Fsp3) is 0.333. The first-order chi connectivity index (χ1) is 10.2. The maximum Gasteiger partial charge on any atom is 0.259 e. The van der Waals surface area contributed by atoms with Gasteiger partial charge in [0.25, 0.3) is 5.56 Å². The molecule has 0 bridgehead atoms. The van der Waals surface area contributed by atoms with E-state index >= 15 is 0 Å². The summed E-state index contributed by atoms with van der Waals surface area (Å²) in [6.45, 7) is 0. The van der Waals surface area contributed by atoms with Crippen LogP contribution in [-0.4, -0.2) is 20.2 Å². The van der Waals surface area contributed by atoms with E-state index in [2.05, 4.69) is 20.2 Å². The van der Waals surface area contributed by atoms with Crippen LogP contribution >= 0.6 is 34.4 Å². The van der Waals surface area contributed by atoms with Gasteiger partial charge >= 0.3 is 0 Å². The molecule has 0 saturated carbocycles. The standard InChI is InChI=1S/C12H11N5OS3/c13-11-16-17-12(21-11)19-4-7-14-9(18)8-5-2-1-3-6(5)20-10(8)15-7/h1-4H2,(H2,13,16)(H,14,15,18). The van der Waals surface area contributed by atoms with Gasteiger partial charge in [-0.2, -0.15) is 0 Å². The molecule has 3 aromatic heterocycles. The summed E-state index contributed by atoms with van der Waals surface area (Å²) in [6, 6.07) is 0. The number of aromatic nitrogens is 4. The molecule has 3 heterocycles. The predicted octanol–water partition coefficient (Wildman–Crippen LogP) is 2.20. The summed E-state index contributed by atoms with van der Waals surface area (Å²) in [5.41, 5.74) is 6.73. The Morgan fingerprint density at radius 1 is 1.29 bits per heavy atom. The molecular weight excluding hydrogens is 326 g/mol. The van der Waals surface area contributed by atoms with Crippen molar-refractivity contribution in [3.8, 4) is 0 Å². The van der Waals surface area contributed by atoms with Crippen LogP contribution in [0.15, 0.2) is 9.13 Å². The fourth-order valence-corrected chi connectivity index (χ4v) is 5.31. The minimum atomic E-state index is -0.0215. The SMILES string of the molecule is Nc1nnc(SCc2nc3sc4c(c3c(=O)[nH]2)CCC4)s1. The lowest BCUT2D eigenvalue weighted by molar-refractivity contribution is 0.916. The lowest BCUT2D eigenvalue weighted by Crippen LogP contribution is -2.11. The summed E-state index contributed by atoms with van der Waals surface area (Å²) in [6.07, 6.45) is 3.22.